The van der Waals surface area contributed by atoms with Crippen LogP contribution in [0, 0.1) is 5.92 Å². The maximum Gasteiger partial charge on any atom is 0.407 e. The largest absolute Gasteiger partial charge is 0.444 e. The van der Waals surface area contributed by atoms with E-state index in [9.17, 15) is 4.79 Å². The Hall–Kier alpha value is -0.770. The number of hydrogen-bond donors (Lipinski definition) is 2. The maximum absolute atomic E-state index is 11.5. The summed E-state index contributed by atoms with van der Waals surface area (Å²) in [5.41, 5.74) is -0.408. The lowest BCUT2D eigenvalue weighted by Gasteiger charge is -2.26. The molecular weight excluding hydrogens is 192 g/mol. The van der Waals surface area contributed by atoms with Gasteiger partial charge in [-0.05, 0) is 46.1 Å². The van der Waals surface area contributed by atoms with Gasteiger partial charge in [-0.1, -0.05) is 0 Å². The van der Waals surface area contributed by atoms with Gasteiger partial charge in [0.25, 0.3) is 0 Å². The van der Waals surface area contributed by atoms with Crippen molar-refractivity contribution in [3.63, 3.8) is 0 Å². The molecule has 2 bridgehead atoms. The second kappa shape index (κ2) is 3.67. The van der Waals surface area contributed by atoms with Crippen LogP contribution in [-0.4, -0.2) is 30.3 Å². The number of ether oxygens (including phenoxy) is 1. The smallest absolute Gasteiger partial charge is 0.407 e. The minimum atomic E-state index is -0.408. The third-order valence-corrected chi connectivity index (χ3v) is 3.03. The van der Waals surface area contributed by atoms with Gasteiger partial charge in [0, 0.05) is 12.1 Å². The third kappa shape index (κ3) is 2.62. The van der Waals surface area contributed by atoms with Crippen molar-refractivity contribution in [2.75, 3.05) is 6.54 Å². The molecular formula is C11H20N2O2. The number of carbonyl (C=O) groups is 1. The Morgan fingerprint density at radius 2 is 2.13 bits per heavy atom. The number of nitrogens with one attached hydrogen (secondary N) is 2. The number of fused-ring (bicyclic) bond motifs is 2. The van der Waals surface area contributed by atoms with Crippen LogP contribution in [0.1, 0.15) is 33.6 Å². The van der Waals surface area contributed by atoms with E-state index in [1.807, 2.05) is 20.8 Å². The molecule has 15 heavy (non-hydrogen) atoms. The summed E-state index contributed by atoms with van der Waals surface area (Å²) in [6, 6.07) is 0.723. The predicted octanol–water partition coefficient (Wildman–Crippen LogP) is 1.26. The van der Waals surface area contributed by atoms with E-state index in [1.54, 1.807) is 0 Å². The van der Waals surface area contributed by atoms with Crippen molar-refractivity contribution in [2.24, 2.45) is 5.92 Å². The first-order valence-electron chi connectivity index (χ1n) is 5.67. The van der Waals surface area contributed by atoms with Gasteiger partial charge in [-0.2, -0.15) is 0 Å². The van der Waals surface area contributed by atoms with Crippen LogP contribution in [0.25, 0.3) is 0 Å². The van der Waals surface area contributed by atoms with Crippen LogP contribution in [0.5, 0.6) is 0 Å². The Kier molecular flexibility index (Phi) is 2.63. The van der Waals surface area contributed by atoms with Gasteiger partial charge in [0.05, 0.1) is 0 Å². The van der Waals surface area contributed by atoms with Gasteiger partial charge in [0.15, 0.2) is 0 Å². The number of piperidine rings is 1. The quantitative estimate of drug-likeness (QED) is 0.688. The fourth-order valence-corrected chi connectivity index (χ4v) is 2.47. The first-order valence-corrected chi connectivity index (χ1v) is 5.67. The van der Waals surface area contributed by atoms with Crippen molar-refractivity contribution in [2.45, 2.75) is 51.3 Å². The molecule has 2 aliphatic rings. The topological polar surface area (TPSA) is 50.4 Å². The highest BCUT2D eigenvalue weighted by Gasteiger charge is 2.40. The number of hydrogen-bond acceptors (Lipinski definition) is 3. The molecule has 1 amide bonds. The van der Waals surface area contributed by atoms with Crippen LogP contribution in [0.4, 0.5) is 4.79 Å². The Morgan fingerprint density at radius 1 is 1.40 bits per heavy atom. The summed E-state index contributed by atoms with van der Waals surface area (Å²) in [7, 11) is 0. The predicted molar refractivity (Wildman–Crippen MR) is 57.7 cm³/mol. The lowest BCUT2D eigenvalue weighted by Crippen LogP contribution is -2.49. The van der Waals surface area contributed by atoms with Crippen molar-refractivity contribution in [1.82, 2.24) is 10.6 Å². The van der Waals surface area contributed by atoms with E-state index in [-0.39, 0.29) is 12.1 Å². The van der Waals surface area contributed by atoms with E-state index >= 15 is 0 Å². The monoisotopic (exact) mass is 212 g/mol. The summed E-state index contributed by atoms with van der Waals surface area (Å²) < 4.78 is 5.23. The summed E-state index contributed by atoms with van der Waals surface area (Å²) in [6.45, 7) is 6.75. The summed E-state index contributed by atoms with van der Waals surface area (Å²) in [4.78, 5) is 11.5. The summed E-state index contributed by atoms with van der Waals surface area (Å²) in [5.74, 6) is 0.745. The second-order valence-corrected chi connectivity index (χ2v) is 5.60. The van der Waals surface area contributed by atoms with Crippen LogP contribution in [0.2, 0.25) is 0 Å². The van der Waals surface area contributed by atoms with Crippen molar-refractivity contribution >= 4 is 6.09 Å². The number of carbonyl (C=O) groups excluding carboxylic acids is 1. The molecule has 1 aliphatic heterocycles. The van der Waals surface area contributed by atoms with Gasteiger partial charge in [0.1, 0.15) is 5.60 Å². The Balaban J connectivity index is 1.80. The van der Waals surface area contributed by atoms with Crippen LogP contribution in [0.15, 0.2) is 0 Å². The molecule has 1 aliphatic carbocycles. The van der Waals surface area contributed by atoms with Crippen molar-refractivity contribution < 1.29 is 9.53 Å². The zero-order valence-corrected chi connectivity index (χ0v) is 9.67. The fraction of sp³-hybridized carbons (Fsp3) is 0.909. The zero-order valence-electron chi connectivity index (χ0n) is 9.67. The first-order chi connectivity index (χ1) is 6.94. The van der Waals surface area contributed by atoms with Gasteiger partial charge >= 0.3 is 6.09 Å². The van der Waals surface area contributed by atoms with E-state index in [4.69, 9.17) is 4.74 Å². The lowest BCUT2D eigenvalue weighted by atomic mass is 10.1. The molecule has 0 aromatic rings. The highest BCUT2D eigenvalue weighted by Crippen LogP contribution is 2.31. The third-order valence-electron chi connectivity index (χ3n) is 3.03. The first kappa shape index (κ1) is 10.7. The molecule has 2 fully saturated rings. The Morgan fingerprint density at radius 3 is 2.60 bits per heavy atom. The summed E-state index contributed by atoms with van der Waals surface area (Å²) in [5, 5.41) is 6.35. The lowest BCUT2D eigenvalue weighted by molar-refractivity contribution is 0.0494. The van der Waals surface area contributed by atoms with Gasteiger partial charge in [-0.15, -0.1) is 0 Å². The van der Waals surface area contributed by atoms with Gasteiger partial charge in [-0.25, -0.2) is 4.79 Å². The Labute approximate surface area is 90.8 Å². The molecule has 4 nitrogen and oxygen atoms in total. The minimum Gasteiger partial charge on any atom is -0.444 e. The molecule has 0 aromatic heterocycles. The van der Waals surface area contributed by atoms with Crippen molar-refractivity contribution in [3.8, 4) is 0 Å². The number of amides is 1. The molecule has 1 saturated heterocycles. The normalized spacial score (nSPS) is 34.2. The molecule has 4 heteroatoms. The molecule has 2 N–H and O–H groups in total. The summed E-state index contributed by atoms with van der Waals surface area (Å²) in [6.07, 6.45) is 2.00. The van der Waals surface area contributed by atoms with Gasteiger partial charge in [-0.3, -0.25) is 0 Å². The number of alkyl carbamates (subject to hydrolysis) is 1. The number of rotatable bonds is 1. The van der Waals surface area contributed by atoms with Crippen LogP contribution < -0.4 is 10.6 Å². The van der Waals surface area contributed by atoms with Gasteiger partial charge in [0.2, 0.25) is 0 Å². The van der Waals surface area contributed by atoms with E-state index < -0.39 is 5.60 Å². The van der Waals surface area contributed by atoms with E-state index in [1.165, 1.54) is 6.42 Å². The molecule has 1 saturated carbocycles. The average molecular weight is 212 g/mol. The summed E-state index contributed by atoms with van der Waals surface area (Å²) >= 11 is 0. The Bertz CT molecular complexity index is 260. The standard InChI is InChI=1S/C11H20N2O2/c1-11(2,3)15-10(14)13-9-5-7-4-8(9)12-6-7/h7-9,12H,4-6H2,1-3H3,(H,13,14). The highest BCUT2D eigenvalue weighted by molar-refractivity contribution is 5.68. The van der Waals surface area contributed by atoms with Crippen LogP contribution in [-0.2, 0) is 4.74 Å². The molecule has 0 aromatic carbocycles. The van der Waals surface area contributed by atoms with Gasteiger partial charge < -0.3 is 15.4 Å². The average Bonchev–Trinajstić information content (AvgIpc) is 2.60. The van der Waals surface area contributed by atoms with Crippen LogP contribution in [0.3, 0.4) is 0 Å². The molecule has 86 valence electrons. The molecule has 3 unspecified atom stereocenters. The van der Waals surface area contributed by atoms with E-state index in [2.05, 4.69) is 10.6 Å². The molecule has 1 heterocycles. The SMILES string of the molecule is CC(C)(C)OC(=O)NC1CC2CNC1C2. The van der Waals surface area contributed by atoms with E-state index in [0.717, 1.165) is 18.9 Å². The fourth-order valence-electron chi connectivity index (χ4n) is 2.47. The second-order valence-electron chi connectivity index (χ2n) is 5.60. The molecule has 0 radical (unpaired) electrons. The van der Waals surface area contributed by atoms with Crippen molar-refractivity contribution in [3.05, 3.63) is 0 Å². The molecule has 2 rings (SSSR count). The maximum atomic E-state index is 11.5. The zero-order chi connectivity index (χ0) is 11.1. The minimum absolute atomic E-state index is 0.263. The van der Waals surface area contributed by atoms with Crippen LogP contribution >= 0.6 is 0 Å². The van der Waals surface area contributed by atoms with E-state index in [0.29, 0.717) is 6.04 Å². The molecule has 3 atom stereocenters. The van der Waals surface area contributed by atoms with Crippen molar-refractivity contribution in [1.29, 1.82) is 0 Å². The molecule has 0 spiro atoms. The highest BCUT2D eigenvalue weighted by atomic mass is 16.6.